The van der Waals surface area contributed by atoms with E-state index >= 15 is 0 Å². The fraction of sp³-hybridized carbons (Fsp3) is 0.647. The fourth-order valence-electron chi connectivity index (χ4n) is 3.58. The Balaban J connectivity index is 1.92. The normalized spacial score (nSPS) is 21.4. The van der Waals surface area contributed by atoms with E-state index in [1.807, 2.05) is 0 Å². The number of ether oxygens (including phenoxy) is 1. The maximum Gasteiger partial charge on any atom is 0.122 e. The second-order valence-corrected chi connectivity index (χ2v) is 7.02. The highest BCUT2D eigenvalue weighted by Crippen LogP contribution is 2.40. The number of hydrogen-bond donors (Lipinski definition) is 1. The highest BCUT2D eigenvalue weighted by molar-refractivity contribution is 5.41. The Bertz CT molecular complexity index is 472. The van der Waals surface area contributed by atoms with Crippen molar-refractivity contribution in [3.8, 4) is 5.75 Å². The monoisotopic (exact) mass is 274 g/mol. The summed E-state index contributed by atoms with van der Waals surface area (Å²) >= 11 is 0. The Kier molecular flexibility index (Phi) is 3.74. The van der Waals surface area contributed by atoms with E-state index in [4.69, 9.17) is 4.74 Å². The Morgan fingerprint density at radius 2 is 1.95 bits per heavy atom. The van der Waals surface area contributed by atoms with Crippen LogP contribution in [0.25, 0.3) is 0 Å². The van der Waals surface area contributed by atoms with E-state index in [-0.39, 0.29) is 5.41 Å². The van der Waals surface area contributed by atoms with E-state index < -0.39 is 0 Å². The summed E-state index contributed by atoms with van der Waals surface area (Å²) in [4.78, 5) is 2.63. The lowest BCUT2D eigenvalue weighted by atomic mass is 9.80. The van der Waals surface area contributed by atoms with Crippen LogP contribution >= 0.6 is 0 Å². The van der Waals surface area contributed by atoms with Gasteiger partial charge in [0.1, 0.15) is 5.75 Å². The molecule has 3 heteroatoms. The molecule has 1 aromatic carbocycles. The highest BCUT2D eigenvalue weighted by atomic mass is 16.5. The molecule has 0 spiro atoms. The first kappa shape index (κ1) is 13.9. The van der Waals surface area contributed by atoms with Gasteiger partial charge in [0, 0.05) is 38.6 Å². The summed E-state index contributed by atoms with van der Waals surface area (Å²) in [6.45, 7) is 12.4. The molecule has 1 saturated heterocycles. The topological polar surface area (TPSA) is 24.5 Å². The van der Waals surface area contributed by atoms with Crippen LogP contribution in [-0.2, 0) is 6.42 Å². The van der Waals surface area contributed by atoms with E-state index in [9.17, 15) is 0 Å². The molecule has 1 N–H and O–H groups in total. The summed E-state index contributed by atoms with van der Waals surface area (Å²) in [5, 5.41) is 3.45. The van der Waals surface area contributed by atoms with Crippen molar-refractivity contribution in [3.05, 3.63) is 29.3 Å². The summed E-state index contributed by atoms with van der Waals surface area (Å²) in [5.41, 5.74) is 3.07. The third-order valence-corrected chi connectivity index (χ3v) is 4.37. The van der Waals surface area contributed by atoms with Crippen LogP contribution in [0.1, 0.15) is 37.9 Å². The van der Waals surface area contributed by atoms with Crippen LogP contribution in [0.5, 0.6) is 5.75 Å². The number of fused-ring (bicyclic) bond motifs is 1. The molecule has 0 aliphatic carbocycles. The average Bonchev–Trinajstić information content (AvgIpc) is 2.86. The van der Waals surface area contributed by atoms with Gasteiger partial charge in [-0.3, -0.25) is 4.90 Å². The van der Waals surface area contributed by atoms with Gasteiger partial charge >= 0.3 is 0 Å². The van der Waals surface area contributed by atoms with Crippen LogP contribution in [0.15, 0.2) is 18.2 Å². The summed E-state index contributed by atoms with van der Waals surface area (Å²) in [6, 6.07) is 7.29. The molecule has 0 saturated carbocycles. The zero-order chi connectivity index (χ0) is 14.2. The predicted octanol–water partition coefficient (Wildman–Crippen LogP) is 2.61. The summed E-state index contributed by atoms with van der Waals surface area (Å²) in [5.74, 6) is 1.08. The minimum absolute atomic E-state index is 0.241. The summed E-state index contributed by atoms with van der Waals surface area (Å²) in [7, 11) is 0. The SMILES string of the molecule is CC(C)(C)[C@H](c1ccc2c(c1)CCO2)N1CCNCC1. The first-order valence-electron chi connectivity index (χ1n) is 7.76. The number of nitrogens with zero attached hydrogens (tertiary/aromatic N) is 1. The second-order valence-electron chi connectivity index (χ2n) is 7.02. The molecule has 1 atom stereocenters. The lowest BCUT2D eigenvalue weighted by Gasteiger charge is -2.42. The number of benzene rings is 1. The van der Waals surface area contributed by atoms with Crippen molar-refractivity contribution < 1.29 is 4.74 Å². The van der Waals surface area contributed by atoms with Crippen molar-refractivity contribution in [2.75, 3.05) is 32.8 Å². The Morgan fingerprint density at radius 3 is 2.65 bits per heavy atom. The molecule has 0 radical (unpaired) electrons. The summed E-state index contributed by atoms with van der Waals surface area (Å²) in [6.07, 6.45) is 1.06. The van der Waals surface area contributed by atoms with Gasteiger partial charge in [-0.25, -0.2) is 0 Å². The molecule has 1 fully saturated rings. The van der Waals surface area contributed by atoms with Crippen molar-refractivity contribution in [2.45, 2.75) is 33.2 Å². The molecular formula is C17H26N2O. The predicted molar refractivity (Wildman–Crippen MR) is 82.3 cm³/mol. The number of hydrogen-bond acceptors (Lipinski definition) is 3. The third kappa shape index (κ3) is 2.70. The number of piperazine rings is 1. The fourth-order valence-corrected chi connectivity index (χ4v) is 3.58. The minimum Gasteiger partial charge on any atom is -0.493 e. The van der Waals surface area contributed by atoms with E-state index in [0.29, 0.717) is 6.04 Å². The molecule has 2 aliphatic rings. The van der Waals surface area contributed by atoms with Crippen molar-refractivity contribution in [1.82, 2.24) is 10.2 Å². The van der Waals surface area contributed by atoms with E-state index in [1.54, 1.807) is 0 Å². The van der Waals surface area contributed by atoms with Crippen molar-refractivity contribution in [2.24, 2.45) is 5.41 Å². The van der Waals surface area contributed by atoms with E-state index in [2.05, 4.69) is 49.2 Å². The van der Waals surface area contributed by atoms with Crippen molar-refractivity contribution in [3.63, 3.8) is 0 Å². The molecular weight excluding hydrogens is 248 g/mol. The van der Waals surface area contributed by atoms with Gasteiger partial charge in [-0.05, 0) is 22.6 Å². The van der Waals surface area contributed by atoms with Gasteiger partial charge < -0.3 is 10.1 Å². The smallest absolute Gasteiger partial charge is 0.122 e. The summed E-state index contributed by atoms with van der Waals surface area (Å²) < 4.78 is 5.64. The van der Waals surface area contributed by atoms with Crippen LogP contribution < -0.4 is 10.1 Å². The lowest BCUT2D eigenvalue weighted by Crippen LogP contribution is -2.48. The van der Waals surface area contributed by atoms with Crippen LogP contribution in [0.3, 0.4) is 0 Å². The maximum atomic E-state index is 5.64. The van der Waals surface area contributed by atoms with Gasteiger partial charge in [0.2, 0.25) is 0 Å². The lowest BCUT2D eigenvalue weighted by molar-refractivity contribution is 0.0862. The van der Waals surface area contributed by atoms with E-state index in [1.165, 1.54) is 11.1 Å². The van der Waals surface area contributed by atoms with Crippen LogP contribution in [0.2, 0.25) is 0 Å². The standard InChI is InChI=1S/C17H26N2O/c1-17(2,3)16(19-9-7-18-8-10-19)14-4-5-15-13(12-14)6-11-20-15/h4-5,12,16,18H,6-11H2,1-3H3/t16-/m0/s1. The third-order valence-electron chi connectivity index (χ3n) is 4.37. The zero-order valence-electron chi connectivity index (χ0n) is 12.9. The molecule has 2 heterocycles. The number of rotatable bonds is 2. The molecule has 3 nitrogen and oxygen atoms in total. The maximum absolute atomic E-state index is 5.64. The average molecular weight is 274 g/mol. The van der Waals surface area contributed by atoms with Crippen molar-refractivity contribution in [1.29, 1.82) is 0 Å². The van der Waals surface area contributed by atoms with Crippen LogP contribution in [0, 0.1) is 5.41 Å². The van der Waals surface area contributed by atoms with Gasteiger partial charge in [0.25, 0.3) is 0 Å². The molecule has 0 amide bonds. The molecule has 0 unspecified atom stereocenters. The van der Waals surface area contributed by atoms with Gasteiger partial charge in [-0.15, -0.1) is 0 Å². The Hall–Kier alpha value is -1.06. The molecule has 1 aromatic rings. The van der Waals surface area contributed by atoms with Gasteiger partial charge in [0.15, 0.2) is 0 Å². The molecule has 0 aromatic heterocycles. The van der Waals surface area contributed by atoms with Gasteiger partial charge in [-0.2, -0.15) is 0 Å². The van der Waals surface area contributed by atoms with E-state index in [0.717, 1.165) is 45.0 Å². The van der Waals surface area contributed by atoms with Gasteiger partial charge in [-0.1, -0.05) is 32.9 Å². The molecule has 20 heavy (non-hydrogen) atoms. The first-order valence-corrected chi connectivity index (χ1v) is 7.76. The number of nitrogens with one attached hydrogen (secondary N) is 1. The van der Waals surface area contributed by atoms with Crippen LogP contribution in [0.4, 0.5) is 0 Å². The largest absolute Gasteiger partial charge is 0.493 e. The Morgan fingerprint density at radius 1 is 1.20 bits per heavy atom. The molecule has 0 bridgehead atoms. The zero-order valence-corrected chi connectivity index (χ0v) is 12.9. The quantitative estimate of drug-likeness (QED) is 0.897. The highest BCUT2D eigenvalue weighted by Gasteiger charge is 2.33. The molecule has 3 rings (SSSR count). The minimum atomic E-state index is 0.241. The van der Waals surface area contributed by atoms with Crippen molar-refractivity contribution >= 4 is 0 Å². The van der Waals surface area contributed by atoms with Crippen LogP contribution in [-0.4, -0.2) is 37.7 Å². The first-order chi connectivity index (χ1) is 9.55. The molecule has 110 valence electrons. The van der Waals surface area contributed by atoms with Gasteiger partial charge in [0.05, 0.1) is 6.61 Å². The second kappa shape index (κ2) is 5.38. The molecule has 2 aliphatic heterocycles. The Labute approximate surface area is 122 Å².